The first kappa shape index (κ1) is 13.5. The summed E-state index contributed by atoms with van der Waals surface area (Å²) in [5, 5.41) is 2.71. The molecule has 1 aromatic rings. The zero-order valence-electron chi connectivity index (χ0n) is 10.7. The van der Waals surface area contributed by atoms with E-state index in [1.54, 1.807) is 0 Å². The molecular formula is C13H19FN2O. The minimum absolute atomic E-state index is 0.115. The predicted molar refractivity (Wildman–Crippen MR) is 68.1 cm³/mol. The maximum absolute atomic E-state index is 12.8. The van der Waals surface area contributed by atoms with E-state index in [4.69, 9.17) is 5.73 Å². The number of benzene rings is 1. The molecule has 0 aromatic heterocycles. The van der Waals surface area contributed by atoms with E-state index in [-0.39, 0.29) is 22.9 Å². The lowest BCUT2D eigenvalue weighted by molar-refractivity contribution is -0.122. The highest BCUT2D eigenvalue weighted by Crippen LogP contribution is 2.27. The van der Waals surface area contributed by atoms with Crippen molar-refractivity contribution in [1.29, 1.82) is 0 Å². The second-order valence-corrected chi connectivity index (χ2v) is 5.31. The monoisotopic (exact) mass is 238 g/mol. The summed E-state index contributed by atoms with van der Waals surface area (Å²) in [6.07, 6.45) is 0. The average molecular weight is 238 g/mol. The molecule has 0 spiro atoms. The highest BCUT2D eigenvalue weighted by molar-refractivity contribution is 5.95. The lowest BCUT2D eigenvalue weighted by Crippen LogP contribution is -2.31. The average Bonchev–Trinajstić information content (AvgIpc) is 2.19. The third-order valence-electron chi connectivity index (χ3n) is 2.96. The zero-order valence-corrected chi connectivity index (χ0v) is 10.7. The topological polar surface area (TPSA) is 55.1 Å². The van der Waals surface area contributed by atoms with Crippen molar-refractivity contribution in [3.8, 4) is 0 Å². The molecule has 0 unspecified atom stereocenters. The molecule has 0 aliphatic carbocycles. The largest absolute Gasteiger partial charge is 0.397 e. The van der Waals surface area contributed by atoms with E-state index in [1.807, 2.05) is 27.7 Å². The van der Waals surface area contributed by atoms with Crippen LogP contribution in [0, 0.1) is 17.2 Å². The minimum Gasteiger partial charge on any atom is -0.397 e. The molecule has 3 N–H and O–H groups in total. The number of anilines is 2. The summed E-state index contributed by atoms with van der Waals surface area (Å²) in [7, 11) is 0. The quantitative estimate of drug-likeness (QED) is 0.778. The van der Waals surface area contributed by atoms with Crippen molar-refractivity contribution in [2.45, 2.75) is 27.7 Å². The fourth-order valence-corrected chi connectivity index (χ4v) is 1.28. The predicted octanol–water partition coefficient (Wildman–Crippen LogP) is 3.03. The molecule has 0 heterocycles. The van der Waals surface area contributed by atoms with Crippen LogP contribution in [-0.2, 0) is 4.79 Å². The normalized spacial score (nSPS) is 13.2. The Kier molecular flexibility index (Phi) is 3.76. The van der Waals surface area contributed by atoms with Crippen molar-refractivity contribution < 1.29 is 9.18 Å². The minimum atomic E-state index is -0.413. The van der Waals surface area contributed by atoms with Gasteiger partial charge in [-0.15, -0.1) is 0 Å². The Morgan fingerprint density at radius 3 is 2.47 bits per heavy atom. The van der Waals surface area contributed by atoms with Crippen molar-refractivity contribution in [3.63, 3.8) is 0 Å². The molecule has 1 atom stereocenters. The molecule has 0 saturated heterocycles. The van der Waals surface area contributed by atoms with Gasteiger partial charge in [-0.3, -0.25) is 4.79 Å². The molecule has 0 aliphatic heterocycles. The van der Waals surface area contributed by atoms with Gasteiger partial charge in [-0.05, 0) is 23.6 Å². The highest BCUT2D eigenvalue weighted by Gasteiger charge is 2.26. The SMILES string of the molecule is C[C@H](C(=O)Nc1ccc(F)cc1N)C(C)(C)C. The van der Waals surface area contributed by atoms with Gasteiger partial charge in [0.25, 0.3) is 0 Å². The first-order chi connectivity index (χ1) is 7.71. The summed E-state index contributed by atoms with van der Waals surface area (Å²) in [5.41, 5.74) is 6.19. The van der Waals surface area contributed by atoms with Gasteiger partial charge in [-0.2, -0.15) is 0 Å². The Balaban J connectivity index is 2.82. The van der Waals surface area contributed by atoms with Gasteiger partial charge < -0.3 is 11.1 Å². The summed E-state index contributed by atoms with van der Waals surface area (Å²) in [6, 6.07) is 3.93. The zero-order chi connectivity index (χ0) is 13.2. The van der Waals surface area contributed by atoms with Gasteiger partial charge in [0.05, 0.1) is 11.4 Å². The first-order valence-corrected chi connectivity index (χ1v) is 5.57. The van der Waals surface area contributed by atoms with Crippen LogP contribution in [0.4, 0.5) is 15.8 Å². The van der Waals surface area contributed by atoms with Crippen LogP contribution in [0.2, 0.25) is 0 Å². The van der Waals surface area contributed by atoms with E-state index in [2.05, 4.69) is 5.32 Å². The Labute approximate surface area is 101 Å². The van der Waals surface area contributed by atoms with Crippen LogP contribution in [0.5, 0.6) is 0 Å². The third kappa shape index (κ3) is 3.44. The van der Waals surface area contributed by atoms with Gasteiger partial charge in [0.1, 0.15) is 5.82 Å². The maximum Gasteiger partial charge on any atom is 0.227 e. The number of hydrogen-bond acceptors (Lipinski definition) is 2. The number of carbonyl (C=O) groups is 1. The molecule has 0 aliphatic rings. The van der Waals surface area contributed by atoms with Crippen LogP contribution in [0.15, 0.2) is 18.2 Å². The lowest BCUT2D eigenvalue weighted by Gasteiger charge is -2.26. The van der Waals surface area contributed by atoms with Crippen LogP contribution in [0.1, 0.15) is 27.7 Å². The highest BCUT2D eigenvalue weighted by atomic mass is 19.1. The van der Waals surface area contributed by atoms with Crippen molar-refractivity contribution in [3.05, 3.63) is 24.0 Å². The summed E-state index contributed by atoms with van der Waals surface area (Å²) in [5.74, 6) is -0.688. The number of amides is 1. The van der Waals surface area contributed by atoms with E-state index in [1.165, 1.54) is 18.2 Å². The molecule has 1 aromatic carbocycles. The number of hydrogen-bond donors (Lipinski definition) is 2. The van der Waals surface area contributed by atoms with Gasteiger partial charge in [0.2, 0.25) is 5.91 Å². The van der Waals surface area contributed by atoms with E-state index in [9.17, 15) is 9.18 Å². The molecule has 0 saturated carbocycles. The van der Waals surface area contributed by atoms with Crippen LogP contribution < -0.4 is 11.1 Å². The molecule has 0 fully saturated rings. The molecule has 1 amide bonds. The first-order valence-electron chi connectivity index (χ1n) is 5.57. The number of nitrogens with one attached hydrogen (secondary N) is 1. The van der Waals surface area contributed by atoms with Gasteiger partial charge in [-0.1, -0.05) is 27.7 Å². The van der Waals surface area contributed by atoms with Crippen molar-refractivity contribution >= 4 is 17.3 Å². The molecule has 17 heavy (non-hydrogen) atoms. The number of rotatable bonds is 2. The molecule has 1 rings (SSSR count). The Hall–Kier alpha value is -1.58. The lowest BCUT2D eigenvalue weighted by atomic mass is 9.81. The number of carbonyl (C=O) groups excluding carboxylic acids is 1. The van der Waals surface area contributed by atoms with E-state index in [0.29, 0.717) is 5.69 Å². The third-order valence-corrected chi connectivity index (χ3v) is 2.96. The molecule has 4 heteroatoms. The van der Waals surface area contributed by atoms with Crippen molar-refractivity contribution in [1.82, 2.24) is 0 Å². The van der Waals surface area contributed by atoms with Gasteiger partial charge >= 0.3 is 0 Å². The smallest absolute Gasteiger partial charge is 0.227 e. The Morgan fingerprint density at radius 1 is 1.41 bits per heavy atom. The molecule has 0 radical (unpaired) electrons. The summed E-state index contributed by atoms with van der Waals surface area (Å²) < 4.78 is 12.8. The number of halogens is 1. The fourth-order valence-electron chi connectivity index (χ4n) is 1.28. The van der Waals surface area contributed by atoms with Crippen molar-refractivity contribution in [2.75, 3.05) is 11.1 Å². The second-order valence-electron chi connectivity index (χ2n) is 5.31. The molecule has 94 valence electrons. The van der Waals surface area contributed by atoms with Crippen LogP contribution in [0.25, 0.3) is 0 Å². The van der Waals surface area contributed by atoms with Gasteiger partial charge in [0.15, 0.2) is 0 Å². The number of nitrogen functional groups attached to an aromatic ring is 1. The Bertz CT molecular complexity index is 424. The standard InChI is InChI=1S/C13H19FN2O/c1-8(13(2,3)4)12(17)16-11-6-5-9(14)7-10(11)15/h5-8H,15H2,1-4H3,(H,16,17)/t8-/m1/s1. The van der Waals surface area contributed by atoms with Crippen LogP contribution in [-0.4, -0.2) is 5.91 Å². The second kappa shape index (κ2) is 4.73. The summed E-state index contributed by atoms with van der Waals surface area (Å²) in [4.78, 5) is 11.9. The molecular weight excluding hydrogens is 219 g/mol. The molecule has 0 bridgehead atoms. The van der Waals surface area contributed by atoms with Crippen LogP contribution in [0.3, 0.4) is 0 Å². The Morgan fingerprint density at radius 2 is 2.00 bits per heavy atom. The van der Waals surface area contributed by atoms with Gasteiger partial charge in [-0.25, -0.2) is 4.39 Å². The summed E-state index contributed by atoms with van der Waals surface area (Å²) in [6.45, 7) is 7.83. The van der Waals surface area contributed by atoms with Gasteiger partial charge in [0, 0.05) is 5.92 Å². The van der Waals surface area contributed by atoms with E-state index >= 15 is 0 Å². The number of nitrogens with two attached hydrogens (primary N) is 1. The summed E-state index contributed by atoms with van der Waals surface area (Å²) >= 11 is 0. The van der Waals surface area contributed by atoms with Crippen LogP contribution >= 0.6 is 0 Å². The van der Waals surface area contributed by atoms with Crippen molar-refractivity contribution in [2.24, 2.45) is 11.3 Å². The fraction of sp³-hybridized carbons (Fsp3) is 0.462. The van der Waals surface area contributed by atoms with E-state index in [0.717, 1.165) is 0 Å². The molecule has 3 nitrogen and oxygen atoms in total. The maximum atomic E-state index is 12.8. The van der Waals surface area contributed by atoms with E-state index < -0.39 is 5.82 Å².